The summed E-state index contributed by atoms with van der Waals surface area (Å²) >= 11 is 0. The Labute approximate surface area is 200 Å². The maximum absolute atomic E-state index is 13.2. The van der Waals surface area contributed by atoms with Crippen molar-refractivity contribution in [2.75, 3.05) is 13.3 Å². The number of hydrogen-bond acceptors (Lipinski definition) is 4. The smallest absolute Gasteiger partial charge is 0.237 e. The molecular formula is C27H26N3O3P. The molecule has 0 aliphatic carbocycles. The largest absolute Gasteiger partial charge is 0.454 e. The van der Waals surface area contributed by atoms with Crippen LogP contribution in [0, 0.1) is 0 Å². The van der Waals surface area contributed by atoms with E-state index in [0.717, 1.165) is 40.0 Å². The first-order valence-corrected chi connectivity index (χ1v) is 12.1. The third kappa shape index (κ3) is 3.93. The maximum Gasteiger partial charge on any atom is 0.237 e. The molecule has 4 aromatic rings. The van der Waals surface area contributed by atoms with E-state index in [1.807, 2.05) is 30.3 Å². The second kappa shape index (κ2) is 8.79. The fraction of sp³-hybridized carbons (Fsp3) is 0.222. The number of benzene rings is 3. The van der Waals surface area contributed by atoms with Crippen molar-refractivity contribution in [3.05, 3.63) is 89.1 Å². The molecule has 0 spiro atoms. The van der Waals surface area contributed by atoms with E-state index in [1.54, 1.807) is 0 Å². The van der Waals surface area contributed by atoms with E-state index < -0.39 is 0 Å². The minimum Gasteiger partial charge on any atom is -0.454 e. The number of ether oxygens (including phenoxy) is 2. The van der Waals surface area contributed by atoms with Gasteiger partial charge in [0.1, 0.15) is 0 Å². The Balaban J connectivity index is 1.27. The first-order chi connectivity index (χ1) is 16.7. The predicted octanol–water partition coefficient (Wildman–Crippen LogP) is 3.36. The molecule has 3 aromatic carbocycles. The molecule has 2 aliphatic heterocycles. The fourth-order valence-electron chi connectivity index (χ4n) is 4.90. The molecule has 3 N–H and O–H groups in total. The molecule has 6 rings (SSSR count). The van der Waals surface area contributed by atoms with Crippen molar-refractivity contribution in [3.63, 3.8) is 0 Å². The highest BCUT2D eigenvalue weighted by atomic mass is 31.0. The molecule has 1 aromatic heterocycles. The van der Waals surface area contributed by atoms with Crippen molar-refractivity contribution >= 4 is 31.4 Å². The average molecular weight is 471 g/mol. The minimum atomic E-state index is -0.337. The summed E-state index contributed by atoms with van der Waals surface area (Å²) in [5.74, 6) is 1.50. The molecule has 1 amide bonds. The van der Waals surface area contributed by atoms with E-state index >= 15 is 0 Å². The fourth-order valence-corrected chi connectivity index (χ4v) is 5.09. The summed E-state index contributed by atoms with van der Waals surface area (Å²) in [7, 11) is 2.69. The number of rotatable bonds is 5. The number of carbonyl (C=O) groups is 1. The van der Waals surface area contributed by atoms with Crippen LogP contribution in [0.4, 0.5) is 0 Å². The Morgan fingerprint density at radius 1 is 1.03 bits per heavy atom. The highest BCUT2D eigenvalue weighted by Gasteiger charge is 2.34. The van der Waals surface area contributed by atoms with Gasteiger partial charge in [-0.25, -0.2) is 0 Å². The summed E-state index contributed by atoms with van der Waals surface area (Å²) in [6, 6.07) is 22.1. The van der Waals surface area contributed by atoms with Crippen LogP contribution in [0.3, 0.4) is 0 Å². The summed E-state index contributed by atoms with van der Waals surface area (Å²) in [5.41, 5.74) is 5.61. The van der Waals surface area contributed by atoms with Gasteiger partial charge >= 0.3 is 0 Å². The van der Waals surface area contributed by atoms with Crippen LogP contribution in [0.15, 0.2) is 66.7 Å². The van der Waals surface area contributed by atoms with Crippen LogP contribution in [-0.2, 0) is 17.6 Å². The molecule has 6 nitrogen and oxygen atoms in total. The number of carbonyl (C=O) groups excluding carboxylic acids is 1. The van der Waals surface area contributed by atoms with Crippen LogP contribution in [0.2, 0.25) is 0 Å². The molecule has 1 unspecified atom stereocenters. The van der Waals surface area contributed by atoms with Gasteiger partial charge < -0.3 is 19.8 Å². The summed E-state index contributed by atoms with van der Waals surface area (Å²) in [5, 5.41) is 9.05. The lowest BCUT2D eigenvalue weighted by molar-refractivity contribution is -0.123. The SMILES string of the molecule is O=C(NCCc1ccc(P)cc1)[C@@H]1Cc2c([nH]c3ccccc23)[C@@H](c2ccc3c(c2)OCO3)N1. The predicted molar refractivity (Wildman–Crippen MR) is 136 cm³/mol. The number of para-hydroxylation sites is 1. The molecule has 0 saturated heterocycles. The molecule has 3 heterocycles. The van der Waals surface area contributed by atoms with Gasteiger partial charge in [-0.1, -0.05) is 48.5 Å². The van der Waals surface area contributed by atoms with Gasteiger partial charge in [-0.2, -0.15) is 0 Å². The first-order valence-electron chi connectivity index (χ1n) is 11.5. The number of hydrogen-bond donors (Lipinski definition) is 3. The van der Waals surface area contributed by atoms with Gasteiger partial charge in [0, 0.05) is 23.1 Å². The number of aromatic nitrogens is 1. The second-order valence-electron chi connectivity index (χ2n) is 8.81. The van der Waals surface area contributed by atoms with E-state index in [4.69, 9.17) is 9.47 Å². The van der Waals surface area contributed by atoms with Crippen molar-refractivity contribution in [3.8, 4) is 11.5 Å². The van der Waals surface area contributed by atoms with E-state index in [-0.39, 0.29) is 24.8 Å². The molecule has 0 saturated carbocycles. The van der Waals surface area contributed by atoms with Crippen LogP contribution < -0.4 is 25.4 Å². The minimum absolute atomic E-state index is 0.0179. The number of fused-ring (bicyclic) bond motifs is 4. The standard InChI is InChI=1S/C27H26N3O3P/c31-27(28-12-11-16-5-8-18(34)9-6-16)22-14-20-19-3-1-2-4-21(19)29-26(20)25(30-22)17-7-10-23-24(13-17)33-15-32-23/h1-10,13,22,25,29-30H,11-12,14-15,34H2,(H,28,31)/t22-,25+/m0/s1. The molecule has 3 atom stereocenters. The Bertz CT molecular complexity index is 1370. The van der Waals surface area contributed by atoms with Crippen molar-refractivity contribution in [1.82, 2.24) is 15.6 Å². The molecule has 0 radical (unpaired) electrons. The van der Waals surface area contributed by atoms with Crippen LogP contribution in [0.1, 0.15) is 28.4 Å². The second-order valence-corrected chi connectivity index (χ2v) is 9.48. The number of H-pyrrole nitrogens is 1. The third-order valence-corrected chi connectivity index (χ3v) is 7.04. The molecule has 0 bridgehead atoms. The molecule has 2 aliphatic rings. The van der Waals surface area contributed by atoms with Gasteiger partial charge in [-0.3, -0.25) is 10.1 Å². The van der Waals surface area contributed by atoms with E-state index in [1.165, 1.54) is 16.5 Å². The van der Waals surface area contributed by atoms with Crippen LogP contribution in [-0.4, -0.2) is 30.3 Å². The maximum atomic E-state index is 13.2. The van der Waals surface area contributed by atoms with Gasteiger partial charge in [0.05, 0.1) is 12.1 Å². The lowest BCUT2D eigenvalue weighted by Gasteiger charge is -2.31. The Kier molecular flexibility index (Phi) is 5.48. The highest BCUT2D eigenvalue weighted by Crippen LogP contribution is 2.39. The van der Waals surface area contributed by atoms with E-state index in [0.29, 0.717) is 13.0 Å². The van der Waals surface area contributed by atoms with E-state index in [2.05, 4.69) is 61.3 Å². The molecular weight excluding hydrogens is 445 g/mol. The molecule has 0 fully saturated rings. The number of nitrogens with one attached hydrogen (secondary N) is 3. The topological polar surface area (TPSA) is 75.4 Å². The van der Waals surface area contributed by atoms with Crippen molar-refractivity contribution in [1.29, 1.82) is 0 Å². The van der Waals surface area contributed by atoms with Crippen molar-refractivity contribution in [2.45, 2.75) is 24.9 Å². The van der Waals surface area contributed by atoms with Crippen molar-refractivity contribution < 1.29 is 14.3 Å². The Morgan fingerprint density at radius 2 is 1.85 bits per heavy atom. The first kappa shape index (κ1) is 21.2. The number of aromatic amines is 1. The van der Waals surface area contributed by atoms with Crippen LogP contribution in [0.25, 0.3) is 10.9 Å². The zero-order valence-corrected chi connectivity index (χ0v) is 19.8. The number of amides is 1. The van der Waals surface area contributed by atoms with Crippen LogP contribution >= 0.6 is 9.24 Å². The third-order valence-electron chi connectivity index (χ3n) is 6.65. The van der Waals surface area contributed by atoms with Gasteiger partial charge in [-0.05, 0) is 53.0 Å². The van der Waals surface area contributed by atoms with Gasteiger partial charge in [-0.15, -0.1) is 9.24 Å². The molecule has 7 heteroatoms. The summed E-state index contributed by atoms with van der Waals surface area (Å²) in [4.78, 5) is 16.8. The summed E-state index contributed by atoms with van der Waals surface area (Å²) in [6.07, 6.45) is 1.43. The Hall–Kier alpha value is -3.34. The van der Waals surface area contributed by atoms with Gasteiger partial charge in [0.15, 0.2) is 11.5 Å². The Morgan fingerprint density at radius 3 is 2.74 bits per heavy atom. The molecule has 34 heavy (non-hydrogen) atoms. The van der Waals surface area contributed by atoms with Gasteiger partial charge in [0.2, 0.25) is 12.7 Å². The average Bonchev–Trinajstić information content (AvgIpc) is 3.48. The van der Waals surface area contributed by atoms with Crippen LogP contribution in [0.5, 0.6) is 11.5 Å². The monoisotopic (exact) mass is 471 g/mol. The lowest BCUT2D eigenvalue weighted by atomic mass is 9.90. The lowest BCUT2D eigenvalue weighted by Crippen LogP contribution is -2.50. The zero-order chi connectivity index (χ0) is 23.1. The molecule has 172 valence electrons. The van der Waals surface area contributed by atoms with E-state index in [9.17, 15) is 4.79 Å². The summed E-state index contributed by atoms with van der Waals surface area (Å²) < 4.78 is 11.1. The normalized spacial score (nSPS) is 18.6. The van der Waals surface area contributed by atoms with Gasteiger partial charge in [0.25, 0.3) is 0 Å². The highest BCUT2D eigenvalue weighted by molar-refractivity contribution is 7.27. The zero-order valence-electron chi connectivity index (χ0n) is 18.6. The quantitative estimate of drug-likeness (QED) is 0.390. The van der Waals surface area contributed by atoms with Crippen molar-refractivity contribution in [2.24, 2.45) is 0 Å². The summed E-state index contributed by atoms with van der Waals surface area (Å²) in [6.45, 7) is 0.835.